The molecule has 0 unspecified atom stereocenters. The lowest BCUT2D eigenvalue weighted by Crippen LogP contribution is -2.23. The molecule has 2 aromatic heterocycles. The Morgan fingerprint density at radius 1 is 1.25 bits per heavy atom. The van der Waals surface area contributed by atoms with Crippen molar-refractivity contribution >= 4 is 22.8 Å². The summed E-state index contributed by atoms with van der Waals surface area (Å²) in [6.45, 7) is 2.55. The number of hydrogen-bond donors (Lipinski definition) is 2. The van der Waals surface area contributed by atoms with Crippen LogP contribution in [0.4, 0.5) is 10.5 Å². The van der Waals surface area contributed by atoms with Gasteiger partial charge in [0.25, 0.3) is 0 Å². The molecule has 24 heavy (non-hydrogen) atoms. The van der Waals surface area contributed by atoms with Crippen molar-refractivity contribution in [3.63, 3.8) is 0 Å². The summed E-state index contributed by atoms with van der Waals surface area (Å²) in [4.78, 5) is 20.7. The van der Waals surface area contributed by atoms with Crippen LogP contribution < -0.4 is 10.2 Å². The number of benzene rings is 1. The summed E-state index contributed by atoms with van der Waals surface area (Å²) < 4.78 is 4.99. The zero-order chi connectivity index (χ0) is 16.4. The average Bonchev–Trinajstić information content (AvgIpc) is 3.24. The second-order valence-electron chi connectivity index (χ2n) is 5.75. The van der Waals surface area contributed by atoms with Gasteiger partial charge in [-0.15, -0.1) is 0 Å². The van der Waals surface area contributed by atoms with Gasteiger partial charge < -0.3 is 15.0 Å². The second kappa shape index (κ2) is 6.33. The van der Waals surface area contributed by atoms with Crippen molar-refractivity contribution in [3.05, 3.63) is 59.9 Å². The highest BCUT2D eigenvalue weighted by Crippen LogP contribution is 2.20. The van der Waals surface area contributed by atoms with Crippen molar-refractivity contribution in [2.75, 3.05) is 18.1 Å². The Bertz CT molecular complexity index is 874. The third-order valence-electron chi connectivity index (χ3n) is 4.18. The van der Waals surface area contributed by atoms with Gasteiger partial charge in [0.1, 0.15) is 12.3 Å². The van der Waals surface area contributed by atoms with Gasteiger partial charge >= 0.3 is 6.09 Å². The first-order valence-corrected chi connectivity index (χ1v) is 7.96. The van der Waals surface area contributed by atoms with E-state index in [1.807, 2.05) is 42.7 Å². The monoisotopic (exact) mass is 322 g/mol. The molecular weight excluding hydrogens is 304 g/mol. The van der Waals surface area contributed by atoms with E-state index >= 15 is 0 Å². The standard InChI is InChI=1S/C18H18N4O2/c23-18-22(8-9-24-18)15-3-1-2-13(10-15)11-19-12-14-4-6-20-17-16(14)5-7-21-17/h1-7,10,19H,8-9,11-12H2,(H,20,21). The van der Waals surface area contributed by atoms with E-state index in [9.17, 15) is 4.79 Å². The van der Waals surface area contributed by atoms with Gasteiger partial charge in [-0.05, 0) is 35.4 Å². The molecule has 1 amide bonds. The summed E-state index contributed by atoms with van der Waals surface area (Å²) in [7, 11) is 0. The fraction of sp³-hybridized carbons (Fsp3) is 0.222. The number of cyclic esters (lactones) is 1. The van der Waals surface area contributed by atoms with Gasteiger partial charge in [-0.25, -0.2) is 9.78 Å². The molecule has 0 spiro atoms. The minimum Gasteiger partial charge on any atom is -0.447 e. The maximum Gasteiger partial charge on any atom is 0.414 e. The maximum atomic E-state index is 11.7. The van der Waals surface area contributed by atoms with E-state index < -0.39 is 0 Å². The number of aromatic amines is 1. The van der Waals surface area contributed by atoms with E-state index in [0.29, 0.717) is 13.2 Å². The number of carbonyl (C=O) groups excluding carboxylic acids is 1. The van der Waals surface area contributed by atoms with Crippen molar-refractivity contribution in [1.29, 1.82) is 0 Å². The molecule has 0 atom stereocenters. The third kappa shape index (κ3) is 2.83. The predicted molar refractivity (Wildman–Crippen MR) is 91.8 cm³/mol. The Morgan fingerprint density at radius 2 is 2.21 bits per heavy atom. The lowest BCUT2D eigenvalue weighted by atomic mass is 10.1. The topological polar surface area (TPSA) is 70.2 Å². The highest BCUT2D eigenvalue weighted by molar-refractivity contribution is 5.89. The fourth-order valence-corrected chi connectivity index (χ4v) is 2.98. The Morgan fingerprint density at radius 3 is 3.08 bits per heavy atom. The number of ether oxygens (including phenoxy) is 1. The number of H-pyrrole nitrogens is 1. The average molecular weight is 322 g/mol. The molecule has 1 saturated heterocycles. The van der Waals surface area contributed by atoms with Crippen LogP contribution in [-0.2, 0) is 17.8 Å². The number of nitrogens with one attached hydrogen (secondary N) is 2. The summed E-state index contributed by atoms with van der Waals surface area (Å²) in [5, 5.41) is 4.59. The maximum absolute atomic E-state index is 11.7. The zero-order valence-corrected chi connectivity index (χ0v) is 13.2. The minimum absolute atomic E-state index is 0.272. The van der Waals surface area contributed by atoms with Gasteiger partial charge in [0.2, 0.25) is 0 Å². The number of hydrogen-bond acceptors (Lipinski definition) is 4. The van der Waals surface area contributed by atoms with Crippen molar-refractivity contribution in [3.8, 4) is 0 Å². The normalized spacial score (nSPS) is 14.3. The molecule has 3 heterocycles. The summed E-state index contributed by atoms with van der Waals surface area (Å²) >= 11 is 0. The van der Waals surface area contributed by atoms with Crippen molar-refractivity contribution < 1.29 is 9.53 Å². The van der Waals surface area contributed by atoms with Crippen LogP contribution >= 0.6 is 0 Å². The van der Waals surface area contributed by atoms with E-state index in [1.165, 1.54) is 5.56 Å². The van der Waals surface area contributed by atoms with Gasteiger partial charge in [-0.3, -0.25) is 4.90 Å². The Balaban J connectivity index is 1.43. The number of fused-ring (bicyclic) bond motifs is 1. The van der Waals surface area contributed by atoms with Crippen LogP contribution in [0, 0.1) is 0 Å². The van der Waals surface area contributed by atoms with E-state index in [2.05, 4.69) is 21.4 Å². The first-order valence-electron chi connectivity index (χ1n) is 7.96. The number of nitrogens with zero attached hydrogens (tertiary/aromatic N) is 2. The number of rotatable bonds is 5. The summed E-state index contributed by atoms with van der Waals surface area (Å²) in [5.74, 6) is 0. The van der Waals surface area contributed by atoms with E-state index in [4.69, 9.17) is 4.74 Å². The lowest BCUT2D eigenvalue weighted by Gasteiger charge is -2.14. The van der Waals surface area contributed by atoms with E-state index in [0.717, 1.165) is 35.4 Å². The quantitative estimate of drug-likeness (QED) is 0.758. The largest absolute Gasteiger partial charge is 0.447 e. The molecule has 0 radical (unpaired) electrons. The van der Waals surface area contributed by atoms with Crippen LogP contribution in [0.25, 0.3) is 11.0 Å². The Kier molecular flexibility index (Phi) is 3.88. The molecule has 1 aliphatic rings. The highest BCUT2D eigenvalue weighted by Gasteiger charge is 2.23. The van der Waals surface area contributed by atoms with Gasteiger partial charge in [-0.2, -0.15) is 0 Å². The number of pyridine rings is 1. The zero-order valence-electron chi connectivity index (χ0n) is 13.2. The number of carbonyl (C=O) groups is 1. The van der Waals surface area contributed by atoms with Gasteiger partial charge in [0, 0.05) is 36.6 Å². The Labute approximate surface area is 139 Å². The molecule has 1 fully saturated rings. The molecule has 0 saturated carbocycles. The molecular formula is C18H18N4O2. The molecule has 3 aromatic rings. The van der Waals surface area contributed by atoms with Crippen LogP contribution in [0.15, 0.2) is 48.8 Å². The summed E-state index contributed by atoms with van der Waals surface area (Å²) in [6.07, 6.45) is 3.45. The van der Waals surface area contributed by atoms with E-state index in [-0.39, 0.29) is 6.09 Å². The SMILES string of the molecule is O=C1OCCN1c1cccc(CNCc2ccnc3[nH]ccc23)c1. The van der Waals surface area contributed by atoms with Crippen LogP contribution in [-0.4, -0.2) is 29.2 Å². The van der Waals surface area contributed by atoms with Gasteiger partial charge in [-0.1, -0.05) is 12.1 Å². The van der Waals surface area contributed by atoms with Crippen LogP contribution in [0.3, 0.4) is 0 Å². The molecule has 6 heteroatoms. The molecule has 2 N–H and O–H groups in total. The third-order valence-corrected chi connectivity index (χ3v) is 4.18. The van der Waals surface area contributed by atoms with Crippen molar-refractivity contribution in [2.45, 2.75) is 13.1 Å². The van der Waals surface area contributed by atoms with Crippen LogP contribution in [0.5, 0.6) is 0 Å². The molecule has 122 valence electrons. The predicted octanol–water partition coefficient (Wildman–Crippen LogP) is 2.81. The molecule has 1 aliphatic heterocycles. The first-order chi connectivity index (χ1) is 11.8. The second-order valence-corrected chi connectivity index (χ2v) is 5.75. The van der Waals surface area contributed by atoms with Gasteiger partial charge in [0.05, 0.1) is 6.54 Å². The van der Waals surface area contributed by atoms with Crippen molar-refractivity contribution in [2.24, 2.45) is 0 Å². The van der Waals surface area contributed by atoms with Gasteiger partial charge in [0.15, 0.2) is 0 Å². The molecule has 6 nitrogen and oxygen atoms in total. The number of anilines is 1. The van der Waals surface area contributed by atoms with E-state index in [1.54, 1.807) is 4.90 Å². The highest BCUT2D eigenvalue weighted by atomic mass is 16.6. The molecule has 0 aliphatic carbocycles. The minimum atomic E-state index is -0.272. The number of amides is 1. The first kappa shape index (κ1) is 14.7. The number of aromatic nitrogens is 2. The molecule has 0 bridgehead atoms. The fourth-order valence-electron chi connectivity index (χ4n) is 2.98. The summed E-state index contributed by atoms with van der Waals surface area (Å²) in [6, 6.07) is 12.0. The van der Waals surface area contributed by atoms with Crippen molar-refractivity contribution in [1.82, 2.24) is 15.3 Å². The lowest BCUT2D eigenvalue weighted by molar-refractivity contribution is 0.181. The van der Waals surface area contributed by atoms with Crippen LogP contribution in [0.1, 0.15) is 11.1 Å². The molecule has 4 rings (SSSR count). The Hall–Kier alpha value is -2.86. The molecule has 1 aromatic carbocycles. The van der Waals surface area contributed by atoms with Crippen LogP contribution in [0.2, 0.25) is 0 Å². The smallest absolute Gasteiger partial charge is 0.414 e. The summed E-state index contributed by atoms with van der Waals surface area (Å²) in [5.41, 5.74) is 4.13.